The van der Waals surface area contributed by atoms with Crippen molar-refractivity contribution < 1.29 is 43.0 Å². The summed E-state index contributed by atoms with van der Waals surface area (Å²) in [6.45, 7) is 16.6. The van der Waals surface area contributed by atoms with Gasteiger partial charge in [0, 0.05) is 13.0 Å². The Morgan fingerprint density at radius 2 is 1.18 bits per heavy atom. The van der Waals surface area contributed by atoms with Gasteiger partial charge in [0.05, 0.1) is 13.2 Å². The lowest BCUT2D eigenvalue weighted by molar-refractivity contribution is -0.248. The lowest BCUT2D eigenvalue weighted by Crippen LogP contribution is -2.47. The second-order valence-electron chi connectivity index (χ2n) is 13.0. The monoisotopic (exact) mass is 626 g/mol. The maximum atomic E-state index is 9.47. The second kappa shape index (κ2) is 13.9. The van der Waals surface area contributed by atoms with Crippen LogP contribution in [-0.2, 0) is 51.1 Å². The van der Waals surface area contributed by atoms with Gasteiger partial charge in [-0.2, -0.15) is 0 Å². The first-order chi connectivity index (χ1) is 21.5. The van der Waals surface area contributed by atoms with Crippen molar-refractivity contribution in [2.75, 3.05) is 6.61 Å². The zero-order valence-electron chi connectivity index (χ0n) is 27.5. The van der Waals surface area contributed by atoms with Crippen LogP contribution in [0.1, 0.15) is 71.9 Å². The molecule has 0 spiro atoms. The van der Waals surface area contributed by atoms with E-state index < -0.39 is 35.4 Å². The fourth-order valence-corrected chi connectivity index (χ4v) is 6.71. The van der Waals surface area contributed by atoms with E-state index in [1.807, 2.05) is 101 Å². The highest BCUT2D eigenvalue weighted by Crippen LogP contribution is 2.47. The molecule has 4 saturated heterocycles. The molecule has 9 heteroatoms. The predicted molar refractivity (Wildman–Crippen MR) is 168 cm³/mol. The van der Waals surface area contributed by atoms with Gasteiger partial charge in [-0.05, 0) is 51.7 Å². The Balaban J connectivity index is 0.000000178. The minimum absolute atomic E-state index is 0.0435. The van der Waals surface area contributed by atoms with E-state index in [0.717, 1.165) is 24.0 Å². The van der Waals surface area contributed by atoms with Crippen molar-refractivity contribution in [1.82, 2.24) is 0 Å². The van der Waals surface area contributed by atoms with E-state index in [2.05, 4.69) is 13.5 Å². The summed E-state index contributed by atoms with van der Waals surface area (Å²) in [6.07, 6.45) is 1.93. The molecule has 8 atom stereocenters. The van der Waals surface area contributed by atoms with Crippen LogP contribution in [-0.4, -0.2) is 71.5 Å². The summed E-state index contributed by atoms with van der Waals surface area (Å²) in [5.74, 6) is -1.33. The molecule has 4 aliphatic rings. The van der Waals surface area contributed by atoms with Crippen molar-refractivity contribution in [1.29, 1.82) is 0 Å². The molecule has 45 heavy (non-hydrogen) atoms. The summed E-state index contributed by atoms with van der Waals surface area (Å²) in [5.41, 5.74) is 1.08. The van der Waals surface area contributed by atoms with Crippen LogP contribution in [0, 0.1) is 0 Å². The minimum Gasteiger partial charge on any atom is -0.396 e. The van der Waals surface area contributed by atoms with E-state index in [-0.39, 0.29) is 31.0 Å². The zero-order chi connectivity index (χ0) is 32.3. The van der Waals surface area contributed by atoms with Gasteiger partial charge >= 0.3 is 0 Å². The molecule has 4 fully saturated rings. The fourth-order valence-electron chi connectivity index (χ4n) is 6.71. The standard InChI is InChI=1S/C18H26O5.C18H24O4/c1-4-18(10-11-19)15(20-12-13-8-6-5-7-9-13)14-16(23-18)22-17(2,3)21-14;1-5-18(6-2)15(19-12-13-10-8-7-9-11-13)14-16(22-18)21-17(3,4)20-14/h5-9,14-16,19H,4,10-12H2,1-3H3;5,7-11,14-16H,1,6,12H2,2-4H3/t14-,15?,16-,18-;14-,15?,16-,18+/m00/s1. The van der Waals surface area contributed by atoms with Crippen molar-refractivity contribution in [3.05, 3.63) is 84.4 Å². The van der Waals surface area contributed by atoms with Gasteiger partial charge < -0.3 is 43.0 Å². The SMILES string of the molecule is C=C[C@]1(CC)O[C@@H]2OC(C)(C)O[C@H]2C1OCc1ccccc1.CC[C@@]1(CCO)O[C@@H]2OC(C)(C)O[C@H]2C1OCc1ccccc1. The Morgan fingerprint density at radius 1 is 0.689 bits per heavy atom. The average molecular weight is 627 g/mol. The Morgan fingerprint density at radius 3 is 1.64 bits per heavy atom. The smallest absolute Gasteiger partial charge is 0.191 e. The molecule has 2 aromatic carbocycles. The Kier molecular flexibility index (Phi) is 10.5. The third-order valence-corrected chi connectivity index (χ3v) is 9.04. The lowest BCUT2D eigenvalue weighted by Gasteiger charge is -2.35. The summed E-state index contributed by atoms with van der Waals surface area (Å²) in [5, 5.41) is 9.47. The Labute approximate surface area is 267 Å². The first-order valence-electron chi connectivity index (χ1n) is 16.1. The normalized spacial score (nSPS) is 35.8. The number of aliphatic hydroxyl groups excluding tert-OH is 1. The summed E-state index contributed by atoms with van der Waals surface area (Å²) in [7, 11) is 0. The number of aliphatic hydroxyl groups is 1. The molecule has 1 N–H and O–H groups in total. The molecule has 0 saturated carbocycles. The van der Waals surface area contributed by atoms with Crippen molar-refractivity contribution in [2.24, 2.45) is 0 Å². The minimum atomic E-state index is -0.678. The van der Waals surface area contributed by atoms with Gasteiger partial charge in [0.2, 0.25) is 0 Å². The number of hydrogen-bond donors (Lipinski definition) is 1. The van der Waals surface area contributed by atoms with Gasteiger partial charge in [-0.3, -0.25) is 0 Å². The molecule has 0 radical (unpaired) electrons. The molecule has 9 nitrogen and oxygen atoms in total. The molecule has 2 unspecified atom stereocenters. The van der Waals surface area contributed by atoms with Crippen LogP contribution in [0.5, 0.6) is 0 Å². The van der Waals surface area contributed by atoms with Crippen LogP contribution >= 0.6 is 0 Å². The van der Waals surface area contributed by atoms with Crippen LogP contribution < -0.4 is 0 Å². The largest absolute Gasteiger partial charge is 0.396 e. The number of hydrogen-bond acceptors (Lipinski definition) is 9. The molecule has 4 heterocycles. The predicted octanol–water partition coefficient (Wildman–Crippen LogP) is 6.03. The van der Waals surface area contributed by atoms with Gasteiger partial charge in [0.1, 0.15) is 35.6 Å². The van der Waals surface area contributed by atoms with Crippen molar-refractivity contribution >= 4 is 0 Å². The highest BCUT2D eigenvalue weighted by molar-refractivity contribution is 5.16. The molecular weight excluding hydrogens is 576 g/mol. The van der Waals surface area contributed by atoms with E-state index in [9.17, 15) is 5.11 Å². The molecule has 0 bridgehead atoms. The summed E-state index contributed by atoms with van der Waals surface area (Å²) < 4.78 is 48.4. The quantitative estimate of drug-likeness (QED) is 0.300. The van der Waals surface area contributed by atoms with Crippen molar-refractivity contribution in [3.63, 3.8) is 0 Å². The number of benzene rings is 2. The number of fused-ring (bicyclic) bond motifs is 2. The van der Waals surface area contributed by atoms with Crippen LogP contribution in [0.15, 0.2) is 73.3 Å². The molecular formula is C36H50O9. The van der Waals surface area contributed by atoms with Gasteiger partial charge in [-0.15, -0.1) is 6.58 Å². The van der Waals surface area contributed by atoms with E-state index in [0.29, 0.717) is 19.6 Å². The molecule has 0 amide bonds. The van der Waals surface area contributed by atoms with Crippen molar-refractivity contribution in [3.8, 4) is 0 Å². The van der Waals surface area contributed by atoms with E-state index in [1.165, 1.54) is 0 Å². The molecule has 248 valence electrons. The molecule has 2 aromatic rings. The number of rotatable bonds is 11. The fraction of sp³-hybridized carbons (Fsp3) is 0.611. The maximum absolute atomic E-state index is 9.47. The summed E-state index contributed by atoms with van der Waals surface area (Å²) in [6, 6.07) is 20.1. The lowest BCUT2D eigenvalue weighted by atomic mass is 9.89. The van der Waals surface area contributed by atoms with Gasteiger partial charge in [0.25, 0.3) is 0 Å². The van der Waals surface area contributed by atoms with Crippen LogP contribution in [0.3, 0.4) is 0 Å². The van der Waals surface area contributed by atoms with Crippen LogP contribution in [0.4, 0.5) is 0 Å². The Hall–Kier alpha value is -2.18. The van der Waals surface area contributed by atoms with Gasteiger partial charge in [0.15, 0.2) is 24.2 Å². The molecule has 0 aromatic heterocycles. The van der Waals surface area contributed by atoms with Gasteiger partial charge in [-0.1, -0.05) is 80.6 Å². The second-order valence-corrected chi connectivity index (χ2v) is 13.0. The zero-order valence-corrected chi connectivity index (χ0v) is 27.5. The first kappa shape index (κ1) is 34.2. The van der Waals surface area contributed by atoms with Crippen molar-refractivity contribution in [2.45, 2.75) is 134 Å². The summed E-state index contributed by atoms with van der Waals surface area (Å²) >= 11 is 0. The van der Waals surface area contributed by atoms with E-state index in [4.69, 9.17) is 37.9 Å². The maximum Gasteiger partial charge on any atom is 0.191 e. The van der Waals surface area contributed by atoms with Gasteiger partial charge in [-0.25, -0.2) is 0 Å². The van der Waals surface area contributed by atoms with E-state index in [1.54, 1.807) is 0 Å². The first-order valence-corrected chi connectivity index (χ1v) is 16.1. The highest BCUT2D eigenvalue weighted by atomic mass is 16.9. The van der Waals surface area contributed by atoms with E-state index >= 15 is 0 Å². The molecule has 6 rings (SSSR count). The van der Waals surface area contributed by atoms with Crippen LogP contribution in [0.25, 0.3) is 0 Å². The Bertz CT molecular complexity index is 1240. The number of ether oxygens (including phenoxy) is 8. The van der Waals surface area contributed by atoms with Crippen LogP contribution in [0.2, 0.25) is 0 Å². The summed E-state index contributed by atoms with van der Waals surface area (Å²) in [4.78, 5) is 0. The molecule has 0 aliphatic carbocycles. The molecule has 4 aliphatic heterocycles. The third kappa shape index (κ3) is 7.38. The topological polar surface area (TPSA) is 94.1 Å². The average Bonchev–Trinajstić information content (AvgIpc) is 3.67. The highest BCUT2D eigenvalue weighted by Gasteiger charge is 2.62. The third-order valence-electron chi connectivity index (χ3n) is 9.04.